The molecular formula is C20H32N6O2. The number of rotatable bonds is 6. The molecule has 1 aromatic heterocycles. The molecule has 0 bridgehead atoms. The maximum Gasteiger partial charge on any atom is 0.410 e. The van der Waals surface area contributed by atoms with Gasteiger partial charge in [0.15, 0.2) is 0 Å². The van der Waals surface area contributed by atoms with Gasteiger partial charge in [0, 0.05) is 71.0 Å². The number of ether oxygens (including phenoxy) is 1. The zero-order chi connectivity index (χ0) is 19.4. The quantitative estimate of drug-likeness (QED) is 0.728. The molecule has 1 spiro atoms. The summed E-state index contributed by atoms with van der Waals surface area (Å²) >= 11 is 0. The highest BCUT2D eigenvalue weighted by atomic mass is 16.6. The van der Waals surface area contributed by atoms with Gasteiger partial charge in [0.1, 0.15) is 11.4 Å². The highest BCUT2D eigenvalue weighted by Gasteiger charge is 2.46. The van der Waals surface area contributed by atoms with E-state index in [1.807, 2.05) is 4.90 Å². The van der Waals surface area contributed by atoms with Gasteiger partial charge in [-0.05, 0) is 19.5 Å². The third-order valence-electron chi connectivity index (χ3n) is 6.40. The summed E-state index contributed by atoms with van der Waals surface area (Å²) in [4.78, 5) is 30.1. The van der Waals surface area contributed by atoms with Crippen molar-refractivity contribution in [1.29, 1.82) is 0 Å². The normalized spacial score (nSPS) is 23.4. The van der Waals surface area contributed by atoms with Crippen LogP contribution in [0.4, 0.5) is 10.6 Å². The van der Waals surface area contributed by atoms with Gasteiger partial charge in [0.2, 0.25) is 0 Å². The Labute approximate surface area is 167 Å². The molecule has 4 rings (SSSR count). The van der Waals surface area contributed by atoms with Crippen LogP contribution >= 0.6 is 0 Å². The van der Waals surface area contributed by atoms with Gasteiger partial charge in [0.05, 0.1) is 12.7 Å². The number of aromatic nitrogens is 2. The van der Waals surface area contributed by atoms with Crippen molar-refractivity contribution < 1.29 is 9.53 Å². The van der Waals surface area contributed by atoms with Crippen molar-refractivity contribution in [3.8, 4) is 0 Å². The average Bonchev–Trinajstić information content (AvgIpc) is 3.04. The molecule has 8 nitrogen and oxygen atoms in total. The van der Waals surface area contributed by atoms with Gasteiger partial charge >= 0.3 is 6.09 Å². The van der Waals surface area contributed by atoms with Crippen LogP contribution in [0.25, 0.3) is 0 Å². The van der Waals surface area contributed by atoms with E-state index in [1.165, 1.54) is 0 Å². The lowest BCUT2D eigenvalue weighted by atomic mass is 9.91. The first-order valence-electron chi connectivity index (χ1n) is 10.6. The molecule has 0 aromatic carbocycles. The third-order valence-corrected chi connectivity index (χ3v) is 6.40. The summed E-state index contributed by atoms with van der Waals surface area (Å²) in [5.74, 6) is 0.904. The van der Waals surface area contributed by atoms with Crippen LogP contribution in [0.5, 0.6) is 0 Å². The zero-order valence-electron chi connectivity index (χ0n) is 16.9. The number of hydrogen-bond acceptors (Lipinski definition) is 7. The number of carbonyl (C=O) groups is 1. The average molecular weight is 389 g/mol. The number of amides is 1. The summed E-state index contributed by atoms with van der Waals surface area (Å²) in [7, 11) is 0. The van der Waals surface area contributed by atoms with Crippen LogP contribution in [0, 0.1) is 0 Å². The SMILES string of the molecule is CCN1CCN(CCCN2CC3(CCN(c4cnccn4)CC3)OC2=O)CC1. The highest BCUT2D eigenvalue weighted by Crippen LogP contribution is 2.34. The van der Waals surface area contributed by atoms with Crippen molar-refractivity contribution in [3.63, 3.8) is 0 Å². The van der Waals surface area contributed by atoms with E-state index in [0.717, 1.165) is 90.5 Å². The van der Waals surface area contributed by atoms with Crippen LogP contribution in [-0.2, 0) is 4.74 Å². The van der Waals surface area contributed by atoms with Gasteiger partial charge in [-0.2, -0.15) is 0 Å². The van der Waals surface area contributed by atoms with Gasteiger partial charge in [0.25, 0.3) is 0 Å². The van der Waals surface area contributed by atoms with Crippen LogP contribution in [0.2, 0.25) is 0 Å². The minimum atomic E-state index is -0.317. The third kappa shape index (κ3) is 4.38. The molecule has 3 fully saturated rings. The number of hydrogen-bond donors (Lipinski definition) is 0. The van der Waals surface area contributed by atoms with Crippen molar-refractivity contribution in [2.24, 2.45) is 0 Å². The smallest absolute Gasteiger partial charge is 0.410 e. The number of carbonyl (C=O) groups excluding carboxylic acids is 1. The standard InChI is InChI=1S/C20H32N6O2/c1-2-23-12-14-24(15-13-23)8-3-9-26-17-20(28-19(26)27)4-10-25(11-5-20)18-16-21-6-7-22-18/h6-7,16H,2-5,8-15,17H2,1H3. The molecule has 3 aliphatic heterocycles. The van der Waals surface area contributed by atoms with Gasteiger partial charge in [-0.15, -0.1) is 0 Å². The van der Waals surface area contributed by atoms with Crippen LogP contribution in [0.1, 0.15) is 26.2 Å². The summed E-state index contributed by atoms with van der Waals surface area (Å²) in [5.41, 5.74) is -0.317. The fourth-order valence-corrected chi connectivity index (χ4v) is 4.54. The Hall–Kier alpha value is -1.93. The van der Waals surface area contributed by atoms with E-state index >= 15 is 0 Å². The molecule has 0 unspecified atom stereocenters. The van der Waals surface area contributed by atoms with Crippen LogP contribution in [0.3, 0.4) is 0 Å². The molecule has 0 saturated carbocycles. The first-order chi connectivity index (χ1) is 13.7. The highest BCUT2D eigenvalue weighted by molar-refractivity contribution is 5.70. The monoisotopic (exact) mass is 388 g/mol. The number of anilines is 1. The maximum atomic E-state index is 12.4. The Kier molecular flexibility index (Phi) is 5.96. The number of piperazine rings is 1. The Morgan fingerprint density at radius 1 is 1.04 bits per heavy atom. The second kappa shape index (κ2) is 8.61. The summed E-state index contributed by atoms with van der Waals surface area (Å²) < 4.78 is 5.86. The lowest BCUT2D eigenvalue weighted by Gasteiger charge is -2.37. The van der Waals surface area contributed by atoms with Gasteiger partial charge in [-0.1, -0.05) is 6.92 Å². The molecule has 3 aliphatic rings. The van der Waals surface area contributed by atoms with Crippen LogP contribution < -0.4 is 4.90 Å². The van der Waals surface area contributed by atoms with E-state index < -0.39 is 0 Å². The number of nitrogens with zero attached hydrogens (tertiary/aromatic N) is 6. The number of likely N-dealkylation sites (N-methyl/N-ethyl adjacent to an activating group) is 1. The van der Waals surface area contributed by atoms with Gasteiger partial charge < -0.3 is 24.3 Å². The molecule has 1 amide bonds. The van der Waals surface area contributed by atoms with E-state index in [9.17, 15) is 4.79 Å². The molecule has 8 heteroatoms. The Balaban J connectivity index is 1.21. The molecule has 1 aromatic rings. The Morgan fingerprint density at radius 3 is 2.46 bits per heavy atom. The molecule has 154 valence electrons. The second-order valence-corrected chi connectivity index (χ2v) is 8.15. The van der Waals surface area contributed by atoms with E-state index in [0.29, 0.717) is 0 Å². The summed E-state index contributed by atoms with van der Waals surface area (Å²) in [6, 6.07) is 0. The Bertz CT molecular complexity index is 641. The zero-order valence-corrected chi connectivity index (χ0v) is 16.9. The summed E-state index contributed by atoms with van der Waals surface area (Å²) in [6.07, 6.45) is 7.79. The van der Waals surface area contributed by atoms with Crippen molar-refractivity contribution >= 4 is 11.9 Å². The molecule has 0 atom stereocenters. The van der Waals surface area contributed by atoms with Crippen molar-refractivity contribution in [2.75, 3.05) is 70.3 Å². The molecule has 0 radical (unpaired) electrons. The first-order valence-corrected chi connectivity index (χ1v) is 10.6. The predicted molar refractivity (Wildman–Crippen MR) is 107 cm³/mol. The van der Waals surface area contributed by atoms with Crippen molar-refractivity contribution in [2.45, 2.75) is 31.8 Å². The molecular weight excluding hydrogens is 356 g/mol. The summed E-state index contributed by atoms with van der Waals surface area (Å²) in [5, 5.41) is 0. The van der Waals surface area contributed by atoms with Gasteiger partial charge in [-0.3, -0.25) is 4.98 Å². The largest absolute Gasteiger partial charge is 0.441 e. The van der Waals surface area contributed by atoms with Crippen molar-refractivity contribution in [1.82, 2.24) is 24.7 Å². The lowest BCUT2D eigenvalue weighted by Crippen LogP contribution is -2.47. The number of piperidine rings is 1. The minimum absolute atomic E-state index is 0.135. The Morgan fingerprint density at radius 2 is 1.79 bits per heavy atom. The fraction of sp³-hybridized carbons (Fsp3) is 0.750. The molecule has 3 saturated heterocycles. The van der Waals surface area contributed by atoms with E-state index in [-0.39, 0.29) is 11.7 Å². The first kappa shape index (κ1) is 19.4. The molecule has 4 heterocycles. The lowest BCUT2D eigenvalue weighted by molar-refractivity contribution is 0.0365. The predicted octanol–water partition coefficient (Wildman–Crippen LogP) is 1.30. The second-order valence-electron chi connectivity index (χ2n) is 8.15. The molecule has 28 heavy (non-hydrogen) atoms. The van der Waals surface area contributed by atoms with Crippen LogP contribution in [0.15, 0.2) is 18.6 Å². The van der Waals surface area contributed by atoms with E-state index in [1.54, 1.807) is 18.6 Å². The van der Waals surface area contributed by atoms with E-state index in [4.69, 9.17) is 4.74 Å². The topological polar surface area (TPSA) is 65.0 Å². The maximum absolute atomic E-state index is 12.4. The minimum Gasteiger partial charge on any atom is -0.441 e. The van der Waals surface area contributed by atoms with E-state index in [2.05, 4.69) is 31.6 Å². The molecule has 0 aliphatic carbocycles. The van der Waals surface area contributed by atoms with Crippen LogP contribution in [-0.4, -0.2) is 102 Å². The molecule has 0 N–H and O–H groups in total. The fourth-order valence-electron chi connectivity index (χ4n) is 4.54. The van der Waals surface area contributed by atoms with Gasteiger partial charge in [-0.25, -0.2) is 9.78 Å². The van der Waals surface area contributed by atoms with Crippen molar-refractivity contribution in [3.05, 3.63) is 18.6 Å². The summed E-state index contributed by atoms with van der Waals surface area (Å²) in [6.45, 7) is 12.2.